The Morgan fingerprint density at radius 2 is 1.95 bits per heavy atom. The highest BCUT2D eigenvalue weighted by molar-refractivity contribution is 5.93. The van der Waals surface area contributed by atoms with Crippen molar-refractivity contribution in [3.05, 3.63) is 71.9 Å². The molecule has 0 bridgehead atoms. The van der Waals surface area contributed by atoms with Crippen molar-refractivity contribution in [3.8, 4) is 0 Å². The molecule has 0 fully saturated rings. The topological polar surface area (TPSA) is 60.0 Å². The van der Waals surface area contributed by atoms with Crippen LogP contribution in [0.15, 0.2) is 60.8 Å². The highest BCUT2D eigenvalue weighted by Crippen LogP contribution is 2.42. The number of hydrogen-bond acceptors (Lipinski definition) is 3. The number of anilines is 3. The SMILES string of the molecule is Nc1cccc(C2NC=CC=C2c2ccc3c(c2)N3)c1. The molecular weight excluding hydrogens is 246 g/mol. The van der Waals surface area contributed by atoms with Crippen LogP contribution in [0, 0.1) is 0 Å². The smallest absolute Gasteiger partial charge is 0.0769 e. The Balaban J connectivity index is 1.76. The molecule has 2 aromatic carbocycles. The molecule has 4 N–H and O–H groups in total. The van der Waals surface area contributed by atoms with E-state index in [2.05, 4.69) is 41.0 Å². The Morgan fingerprint density at radius 1 is 1.00 bits per heavy atom. The van der Waals surface area contributed by atoms with Crippen LogP contribution < -0.4 is 16.4 Å². The maximum Gasteiger partial charge on any atom is 0.0769 e. The highest BCUT2D eigenvalue weighted by atomic mass is 15.0. The van der Waals surface area contributed by atoms with Gasteiger partial charge in [-0.05, 0) is 53.2 Å². The van der Waals surface area contributed by atoms with Crippen molar-refractivity contribution in [3.63, 3.8) is 0 Å². The summed E-state index contributed by atoms with van der Waals surface area (Å²) in [6, 6.07) is 14.7. The first kappa shape index (κ1) is 11.2. The number of fused-ring (bicyclic) bond motifs is 1. The average molecular weight is 261 g/mol. The molecule has 98 valence electrons. The van der Waals surface area contributed by atoms with Gasteiger partial charge in [0.2, 0.25) is 0 Å². The first-order valence-electron chi connectivity index (χ1n) is 6.71. The lowest BCUT2D eigenvalue weighted by atomic mass is 9.91. The predicted octanol–water partition coefficient (Wildman–Crippen LogP) is 3.57. The Labute approximate surface area is 117 Å². The number of allylic oxidation sites excluding steroid dienone is 2. The summed E-state index contributed by atoms with van der Waals surface area (Å²) in [6.07, 6.45) is 6.18. The average Bonchev–Trinajstić information content (AvgIpc) is 3.25. The third kappa shape index (κ3) is 1.84. The fraction of sp³-hybridized carbons (Fsp3) is 0.0588. The molecule has 0 saturated heterocycles. The molecule has 1 atom stereocenters. The van der Waals surface area contributed by atoms with Crippen LogP contribution in [0.2, 0.25) is 0 Å². The van der Waals surface area contributed by atoms with Crippen molar-refractivity contribution < 1.29 is 0 Å². The lowest BCUT2D eigenvalue weighted by Gasteiger charge is -2.24. The van der Waals surface area contributed by atoms with Crippen molar-refractivity contribution in [2.75, 3.05) is 11.1 Å². The number of nitrogens with two attached hydrogens (primary N) is 1. The van der Waals surface area contributed by atoms with Gasteiger partial charge in [-0.25, -0.2) is 0 Å². The van der Waals surface area contributed by atoms with E-state index in [0.717, 1.165) is 5.69 Å². The largest absolute Gasteiger partial charge is 0.399 e. The molecule has 2 aliphatic heterocycles. The van der Waals surface area contributed by atoms with E-state index >= 15 is 0 Å². The van der Waals surface area contributed by atoms with Gasteiger partial charge in [-0.1, -0.05) is 24.3 Å². The van der Waals surface area contributed by atoms with E-state index < -0.39 is 0 Å². The lowest BCUT2D eigenvalue weighted by Crippen LogP contribution is -2.19. The summed E-state index contributed by atoms with van der Waals surface area (Å²) in [4.78, 5) is 0. The Morgan fingerprint density at radius 3 is 2.80 bits per heavy atom. The summed E-state index contributed by atoms with van der Waals surface area (Å²) >= 11 is 0. The van der Waals surface area contributed by atoms with Crippen LogP contribution in [0.4, 0.5) is 17.1 Å². The van der Waals surface area contributed by atoms with Gasteiger partial charge in [0.25, 0.3) is 0 Å². The zero-order chi connectivity index (χ0) is 13.5. The first-order chi connectivity index (χ1) is 9.81. The molecule has 0 amide bonds. The summed E-state index contributed by atoms with van der Waals surface area (Å²) in [7, 11) is 0. The minimum Gasteiger partial charge on any atom is -0.399 e. The van der Waals surface area contributed by atoms with Crippen LogP contribution in [-0.2, 0) is 0 Å². The molecule has 0 spiro atoms. The molecule has 2 aromatic rings. The number of rotatable bonds is 2. The Hall–Kier alpha value is -2.68. The van der Waals surface area contributed by atoms with Gasteiger partial charge in [0.15, 0.2) is 0 Å². The van der Waals surface area contributed by atoms with Gasteiger partial charge in [-0.15, -0.1) is 0 Å². The van der Waals surface area contributed by atoms with Crippen molar-refractivity contribution in [2.24, 2.45) is 0 Å². The second-order valence-corrected chi connectivity index (χ2v) is 5.14. The maximum atomic E-state index is 5.91. The van der Waals surface area contributed by atoms with Crippen molar-refractivity contribution in [2.45, 2.75) is 6.04 Å². The van der Waals surface area contributed by atoms with Crippen LogP contribution in [0.3, 0.4) is 0 Å². The molecule has 2 aliphatic rings. The minimum atomic E-state index is 0.139. The number of dihydropyridines is 1. The lowest BCUT2D eigenvalue weighted by molar-refractivity contribution is 0.765. The molecule has 0 aromatic heterocycles. The van der Waals surface area contributed by atoms with E-state index in [9.17, 15) is 0 Å². The van der Waals surface area contributed by atoms with Crippen LogP contribution in [0.1, 0.15) is 17.2 Å². The highest BCUT2D eigenvalue weighted by Gasteiger charge is 2.22. The van der Waals surface area contributed by atoms with Crippen LogP contribution in [-0.4, -0.2) is 0 Å². The molecule has 3 heteroatoms. The molecular formula is C17H15N3. The summed E-state index contributed by atoms with van der Waals surface area (Å²) in [5.74, 6) is 0. The third-order valence-electron chi connectivity index (χ3n) is 3.75. The van der Waals surface area contributed by atoms with E-state index in [0.29, 0.717) is 0 Å². The normalized spacial score (nSPS) is 18.6. The second-order valence-electron chi connectivity index (χ2n) is 5.14. The fourth-order valence-electron chi connectivity index (χ4n) is 2.68. The minimum absolute atomic E-state index is 0.139. The van der Waals surface area contributed by atoms with E-state index in [-0.39, 0.29) is 6.04 Å². The Kier molecular flexibility index (Phi) is 2.33. The fourth-order valence-corrected chi connectivity index (χ4v) is 2.68. The van der Waals surface area contributed by atoms with Crippen LogP contribution in [0.5, 0.6) is 0 Å². The molecule has 4 rings (SSSR count). The summed E-state index contributed by atoms with van der Waals surface area (Å²) < 4.78 is 0. The summed E-state index contributed by atoms with van der Waals surface area (Å²) in [5, 5.41) is 6.67. The van der Waals surface area contributed by atoms with Crippen molar-refractivity contribution in [1.29, 1.82) is 0 Å². The van der Waals surface area contributed by atoms with E-state index in [1.54, 1.807) is 0 Å². The van der Waals surface area contributed by atoms with Gasteiger partial charge in [0.05, 0.1) is 17.4 Å². The number of hydrogen-bond donors (Lipinski definition) is 3. The molecule has 0 radical (unpaired) electrons. The van der Waals surface area contributed by atoms with Gasteiger partial charge >= 0.3 is 0 Å². The van der Waals surface area contributed by atoms with E-state index in [4.69, 9.17) is 5.73 Å². The molecule has 3 nitrogen and oxygen atoms in total. The summed E-state index contributed by atoms with van der Waals surface area (Å²) in [5.41, 5.74) is 12.8. The van der Waals surface area contributed by atoms with Gasteiger partial charge in [-0.3, -0.25) is 0 Å². The van der Waals surface area contributed by atoms with E-state index in [1.807, 2.05) is 30.5 Å². The first-order valence-corrected chi connectivity index (χ1v) is 6.71. The number of benzene rings is 2. The van der Waals surface area contributed by atoms with E-state index in [1.165, 1.54) is 28.1 Å². The predicted molar refractivity (Wildman–Crippen MR) is 83.6 cm³/mol. The monoisotopic (exact) mass is 261 g/mol. The van der Waals surface area contributed by atoms with Gasteiger partial charge in [-0.2, -0.15) is 0 Å². The molecule has 2 heterocycles. The quantitative estimate of drug-likeness (QED) is 0.488. The van der Waals surface area contributed by atoms with Crippen LogP contribution in [0.25, 0.3) is 5.57 Å². The standard InChI is InChI=1S/C17H15N3/c18-13-4-1-3-12(9-13)17-14(5-2-8-19-17)11-6-7-15-16(10-11)20-15/h1-10,17,19-20H,18H2. The molecule has 0 saturated carbocycles. The zero-order valence-electron chi connectivity index (χ0n) is 10.9. The number of nitrogens with one attached hydrogen (secondary N) is 2. The molecule has 0 aliphatic carbocycles. The second kappa shape index (κ2) is 4.17. The third-order valence-corrected chi connectivity index (χ3v) is 3.75. The number of nitrogen functional groups attached to an aromatic ring is 1. The van der Waals surface area contributed by atoms with Crippen molar-refractivity contribution in [1.82, 2.24) is 5.32 Å². The van der Waals surface area contributed by atoms with Gasteiger partial charge in [0, 0.05) is 5.69 Å². The Bertz CT molecular complexity index is 744. The maximum absolute atomic E-state index is 5.91. The molecule has 1 unspecified atom stereocenters. The zero-order valence-corrected chi connectivity index (χ0v) is 10.9. The van der Waals surface area contributed by atoms with Crippen molar-refractivity contribution >= 4 is 22.6 Å². The van der Waals surface area contributed by atoms with Gasteiger partial charge < -0.3 is 16.4 Å². The van der Waals surface area contributed by atoms with Gasteiger partial charge in [0.1, 0.15) is 0 Å². The summed E-state index contributed by atoms with van der Waals surface area (Å²) in [6.45, 7) is 0. The van der Waals surface area contributed by atoms with Crippen LogP contribution >= 0.6 is 0 Å². The molecule has 20 heavy (non-hydrogen) atoms.